The molecule has 0 fully saturated rings. The van der Waals surface area contributed by atoms with Gasteiger partial charge in [-0.05, 0) is 40.8 Å². The molecule has 2 heterocycles. The van der Waals surface area contributed by atoms with Crippen LogP contribution in [0.4, 0.5) is 10.8 Å². The fourth-order valence-corrected chi connectivity index (χ4v) is 3.62. The van der Waals surface area contributed by atoms with Crippen molar-refractivity contribution < 1.29 is 14.3 Å². The summed E-state index contributed by atoms with van der Waals surface area (Å²) in [5, 5.41) is 13.2. The first kappa shape index (κ1) is 19.4. The normalized spacial score (nSPS) is 10.6. The summed E-state index contributed by atoms with van der Waals surface area (Å²) in [7, 11) is 0. The van der Waals surface area contributed by atoms with E-state index < -0.39 is 5.97 Å². The summed E-state index contributed by atoms with van der Waals surface area (Å²) >= 11 is 1.31. The Balaban J connectivity index is 1.45. The minimum Gasteiger partial charge on any atom is -0.456 e. The van der Waals surface area contributed by atoms with Crippen LogP contribution in [0.2, 0.25) is 0 Å². The quantitative estimate of drug-likeness (QED) is 0.441. The van der Waals surface area contributed by atoms with Gasteiger partial charge in [-0.15, -0.1) is 16.4 Å². The Kier molecular flexibility index (Phi) is 5.57. The number of benzene rings is 2. The van der Waals surface area contributed by atoms with Crippen LogP contribution in [0.25, 0.3) is 5.69 Å². The van der Waals surface area contributed by atoms with Crippen LogP contribution in [0.1, 0.15) is 23.0 Å². The lowest BCUT2D eigenvalue weighted by Crippen LogP contribution is -2.22. The molecule has 150 valence electrons. The Morgan fingerprint density at radius 2 is 1.97 bits per heavy atom. The van der Waals surface area contributed by atoms with E-state index in [1.165, 1.54) is 34.2 Å². The molecule has 0 bridgehead atoms. The van der Waals surface area contributed by atoms with Gasteiger partial charge in [0.05, 0.1) is 22.6 Å². The average molecular weight is 420 g/mol. The molecule has 0 atom stereocenters. The number of esters is 1. The molecule has 30 heavy (non-hydrogen) atoms. The number of para-hydroxylation sites is 1. The van der Waals surface area contributed by atoms with Gasteiger partial charge in [-0.25, -0.2) is 14.5 Å². The van der Waals surface area contributed by atoms with E-state index in [0.717, 1.165) is 5.69 Å². The molecular weight excluding hydrogens is 404 g/mol. The third-order valence-electron chi connectivity index (χ3n) is 4.11. The number of thiazole rings is 1. The van der Waals surface area contributed by atoms with Crippen LogP contribution in [-0.2, 0) is 16.1 Å². The van der Waals surface area contributed by atoms with Crippen LogP contribution in [-0.4, -0.2) is 37.1 Å². The van der Waals surface area contributed by atoms with Crippen LogP contribution in [0.15, 0.2) is 66.3 Å². The van der Waals surface area contributed by atoms with Gasteiger partial charge in [0.25, 0.3) is 0 Å². The number of hydrogen-bond acceptors (Lipinski definition) is 8. The first-order valence-corrected chi connectivity index (χ1v) is 9.80. The molecule has 0 radical (unpaired) electrons. The van der Waals surface area contributed by atoms with E-state index >= 15 is 0 Å². The number of nitrogens with zero attached hydrogens (tertiary/aromatic N) is 6. The summed E-state index contributed by atoms with van der Waals surface area (Å²) in [6, 6.07) is 16.0. The molecule has 4 aromatic rings. The minimum atomic E-state index is -0.494. The van der Waals surface area contributed by atoms with E-state index in [1.54, 1.807) is 29.6 Å². The highest BCUT2D eigenvalue weighted by Gasteiger charge is 2.18. The molecule has 9 nitrogen and oxygen atoms in total. The smallest absolute Gasteiger partial charge is 0.338 e. The van der Waals surface area contributed by atoms with Crippen molar-refractivity contribution in [2.24, 2.45) is 0 Å². The molecule has 2 aromatic carbocycles. The van der Waals surface area contributed by atoms with Crippen LogP contribution in [0.3, 0.4) is 0 Å². The van der Waals surface area contributed by atoms with Crippen molar-refractivity contribution >= 4 is 34.0 Å². The van der Waals surface area contributed by atoms with E-state index in [9.17, 15) is 9.59 Å². The molecule has 0 saturated carbocycles. The number of aromatic nitrogens is 5. The Bertz CT molecular complexity index is 1160. The Hall–Kier alpha value is -3.92. The predicted octanol–water partition coefficient (Wildman–Crippen LogP) is 3.16. The third-order valence-corrected chi connectivity index (χ3v) is 4.98. The number of tetrazole rings is 1. The molecule has 2 aromatic heterocycles. The number of anilines is 2. The number of rotatable bonds is 6. The van der Waals surface area contributed by atoms with Gasteiger partial charge in [0, 0.05) is 12.3 Å². The number of carbonyl (C=O) groups excluding carboxylic acids is 2. The summed E-state index contributed by atoms with van der Waals surface area (Å²) in [6.07, 6.45) is 1.44. The van der Waals surface area contributed by atoms with Gasteiger partial charge in [0.1, 0.15) is 12.9 Å². The summed E-state index contributed by atoms with van der Waals surface area (Å²) < 4.78 is 6.83. The molecule has 0 spiro atoms. The maximum Gasteiger partial charge on any atom is 0.338 e. The lowest BCUT2D eigenvalue weighted by molar-refractivity contribution is -0.115. The zero-order valence-corrected chi connectivity index (χ0v) is 16.7. The minimum absolute atomic E-state index is 0.00895. The lowest BCUT2D eigenvalue weighted by atomic mass is 10.2. The first-order chi connectivity index (χ1) is 14.6. The second-order valence-corrected chi connectivity index (χ2v) is 7.03. The summed E-state index contributed by atoms with van der Waals surface area (Å²) in [5.74, 6) is -0.649. The second kappa shape index (κ2) is 8.62. The van der Waals surface area contributed by atoms with Crippen LogP contribution >= 0.6 is 11.3 Å². The van der Waals surface area contributed by atoms with Crippen molar-refractivity contribution in [2.45, 2.75) is 13.5 Å². The molecular formula is C20H16N6O3S. The zero-order valence-electron chi connectivity index (χ0n) is 15.9. The first-order valence-electron chi connectivity index (χ1n) is 8.92. The van der Waals surface area contributed by atoms with Crippen molar-refractivity contribution in [3.63, 3.8) is 0 Å². The summed E-state index contributed by atoms with van der Waals surface area (Å²) in [5.41, 5.74) is 2.29. The van der Waals surface area contributed by atoms with Crippen molar-refractivity contribution in [1.29, 1.82) is 0 Å². The molecule has 0 unspecified atom stereocenters. The van der Waals surface area contributed by atoms with E-state index in [4.69, 9.17) is 4.74 Å². The largest absolute Gasteiger partial charge is 0.456 e. The predicted molar refractivity (Wildman–Crippen MR) is 110 cm³/mol. The van der Waals surface area contributed by atoms with E-state index in [0.29, 0.717) is 22.1 Å². The van der Waals surface area contributed by atoms with Crippen LogP contribution in [0.5, 0.6) is 0 Å². The molecule has 0 aliphatic rings. The maximum absolute atomic E-state index is 12.4. The van der Waals surface area contributed by atoms with Gasteiger partial charge in [-0.2, -0.15) is 0 Å². The third kappa shape index (κ3) is 4.23. The summed E-state index contributed by atoms with van der Waals surface area (Å²) in [6.45, 7) is 1.47. The van der Waals surface area contributed by atoms with E-state index in [2.05, 4.69) is 20.5 Å². The molecule has 0 N–H and O–H groups in total. The van der Waals surface area contributed by atoms with Gasteiger partial charge in [0.2, 0.25) is 5.91 Å². The highest BCUT2D eigenvalue weighted by atomic mass is 32.1. The second-order valence-electron chi connectivity index (χ2n) is 6.19. The topological polar surface area (TPSA) is 103 Å². The van der Waals surface area contributed by atoms with Crippen molar-refractivity contribution in [2.75, 3.05) is 4.90 Å². The Morgan fingerprint density at radius 3 is 2.70 bits per heavy atom. The van der Waals surface area contributed by atoms with E-state index in [-0.39, 0.29) is 12.5 Å². The average Bonchev–Trinajstić information content (AvgIpc) is 3.45. The van der Waals surface area contributed by atoms with Crippen molar-refractivity contribution in [3.05, 3.63) is 77.6 Å². The molecule has 4 rings (SSSR count). The molecule has 0 saturated heterocycles. The SMILES string of the molecule is CC(=O)N(c1ccccc1)c1nc(COC(=O)c2cccc(-n3cnnn3)c2)cs1. The fraction of sp³-hybridized carbons (Fsp3) is 0.100. The monoisotopic (exact) mass is 420 g/mol. The van der Waals surface area contributed by atoms with Gasteiger partial charge in [0.15, 0.2) is 5.13 Å². The number of amides is 1. The number of hydrogen-bond donors (Lipinski definition) is 0. The van der Waals surface area contributed by atoms with Gasteiger partial charge < -0.3 is 4.74 Å². The number of ether oxygens (including phenoxy) is 1. The lowest BCUT2D eigenvalue weighted by Gasteiger charge is -2.17. The fourth-order valence-electron chi connectivity index (χ4n) is 2.75. The summed E-state index contributed by atoms with van der Waals surface area (Å²) in [4.78, 5) is 30.5. The van der Waals surface area contributed by atoms with Gasteiger partial charge in [-0.1, -0.05) is 24.3 Å². The molecule has 1 amide bonds. The van der Waals surface area contributed by atoms with E-state index in [1.807, 2.05) is 30.3 Å². The van der Waals surface area contributed by atoms with Crippen LogP contribution in [0, 0.1) is 0 Å². The Labute approximate surface area is 175 Å². The molecule has 0 aliphatic carbocycles. The maximum atomic E-state index is 12.4. The number of carbonyl (C=O) groups is 2. The molecule has 0 aliphatic heterocycles. The Morgan fingerprint density at radius 1 is 1.13 bits per heavy atom. The highest BCUT2D eigenvalue weighted by Crippen LogP contribution is 2.29. The van der Waals surface area contributed by atoms with Crippen molar-refractivity contribution in [1.82, 2.24) is 25.2 Å². The molecule has 10 heteroatoms. The van der Waals surface area contributed by atoms with Gasteiger partial charge in [-0.3, -0.25) is 9.69 Å². The van der Waals surface area contributed by atoms with Crippen LogP contribution < -0.4 is 4.90 Å². The zero-order chi connectivity index (χ0) is 20.9. The standard InChI is InChI=1S/C20H16N6O3S/c1-14(27)26(17-7-3-2-4-8-17)20-22-16(12-30-20)11-29-19(28)15-6-5-9-18(10-15)25-13-21-23-24-25/h2-10,12-13H,11H2,1H3. The highest BCUT2D eigenvalue weighted by molar-refractivity contribution is 7.14. The van der Waals surface area contributed by atoms with Gasteiger partial charge >= 0.3 is 5.97 Å². The van der Waals surface area contributed by atoms with Crippen molar-refractivity contribution in [3.8, 4) is 5.69 Å².